The van der Waals surface area contributed by atoms with E-state index in [1.165, 1.54) is 18.2 Å². The van der Waals surface area contributed by atoms with Gasteiger partial charge in [0.15, 0.2) is 0 Å². The molecule has 0 atom stereocenters. The second kappa shape index (κ2) is 14.1. The maximum Gasteiger partial charge on any atom is 0.407 e. The highest BCUT2D eigenvalue weighted by atomic mass is 35.5. The number of alkyl carbamates (subject to hydrolysis) is 1. The van der Waals surface area contributed by atoms with E-state index in [0.29, 0.717) is 37.3 Å². The average molecular weight is 638 g/mol. The van der Waals surface area contributed by atoms with Crippen LogP contribution in [0.5, 0.6) is 0 Å². The van der Waals surface area contributed by atoms with E-state index in [1.54, 1.807) is 0 Å². The average Bonchev–Trinajstić information content (AvgIpc) is 2.92. The smallest absolute Gasteiger partial charge is 0.407 e. The molecule has 0 saturated heterocycles. The molecule has 42 heavy (non-hydrogen) atoms. The van der Waals surface area contributed by atoms with Crippen molar-refractivity contribution in [1.29, 1.82) is 0 Å². The number of hydrogen-bond donors (Lipinski definition) is 4. The summed E-state index contributed by atoms with van der Waals surface area (Å²) in [6, 6.07) is 12.1. The number of carbonyl (C=O) groups is 1. The molecule has 1 aliphatic carbocycles. The van der Waals surface area contributed by atoms with Gasteiger partial charge in [-0.1, -0.05) is 35.3 Å². The van der Waals surface area contributed by atoms with Gasteiger partial charge in [0.1, 0.15) is 11.4 Å². The molecule has 0 spiro atoms. The Labute approximate surface area is 257 Å². The predicted octanol–water partition coefficient (Wildman–Crippen LogP) is 6.07. The molecule has 1 fully saturated rings. The lowest BCUT2D eigenvalue weighted by Crippen LogP contribution is -2.35. The van der Waals surface area contributed by atoms with Crippen LogP contribution in [0.25, 0.3) is 10.9 Å². The first-order valence-electron chi connectivity index (χ1n) is 14.0. The predicted molar refractivity (Wildman–Crippen MR) is 168 cm³/mol. The van der Waals surface area contributed by atoms with E-state index in [0.717, 1.165) is 43.1 Å². The van der Waals surface area contributed by atoms with Gasteiger partial charge in [-0.15, -0.1) is 0 Å². The third kappa shape index (κ3) is 9.58. The van der Waals surface area contributed by atoms with Crippen LogP contribution < -0.4 is 20.7 Å². The van der Waals surface area contributed by atoms with E-state index < -0.39 is 21.7 Å². The number of amides is 1. The number of ether oxygens (including phenoxy) is 1. The first-order valence-corrected chi connectivity index (χ1v) is 16.3. The lowest BCUT2D eigenvalue weighted by atomic mass is 9.82. The third-order valence-electron chi connectivity index (χ3n) is 6.91. The molecule has 1 aliphatic rings. The van der Waals surface area contributed by atoms with Crippen molar-refractivity contribution < 1.29 is 17.9 Å². The van der Waals surface area contributed by atoms with Crippen molar-refractivity contribution >= 4 is 62.0 Å². The fourth-order valence-electron chi connectivity index (χ4n) is 4.82. The van der Waals surface area contributed by atoms with Crippen molar-refractivity contribution in [2.24, 2.45) is 11.8 Å². The quantitative estimate of drug-likeness (QED) is 0.186. The lowest BCUT2D eigenvalue weighted by molar-refractivity contribution is 0.0530. The number of nitrogens with one attached hydrogen (secondary N) is 4. The number of sulfonamides is 1. The minimum absolute atomic E-state index is 0.0708. The van der Waals surface area contributed by atoms with Gasteiger partial charge in [-0.3, -0.25) is 0 Å². The van der Waals surface area contributed by atoms with Crippen molar-refractivity contribution in [2.45, 2.75) is 57.0 Å². The van der Waals surface area contributed by atoms with Gasteiger partial charge in [-0.2, -0.15) is 4.98 Å². The second-order valence-electron chi connectivity index (χ2n) is 11.5. The summed E-state index contributed by atoms with van der Waals surface area (Å²) in [5.74, 6) is 1.90. The molecule has 0 aliphatic heterocycles. The van der Waals surface area contributed by atoms with Gasteiger partial charge < -0.3 is 20.7 Å². The lowest BCUT2D eigenvalue weighted by Gasteiger charge is -2.28. The van der Waals surface area contributed by atoms with Gasteiger partial charge in [0.25, 0.3) is 0 Å². The molecule has 228 valence electrons. The van der Waals surface area contributed by atoms with E-state index in [9.17, 15) is 13.2 Å². The molecular formula is C29H38Cl2N6O4S. The number of nitrogens with zero attached hydrogens (tertiary/aromatic N) is 2. The van der Waals surface area contributed by atoms with Gasteiger partial charge in [-0.05, 0) is 88.6 Å². The van der Waals surface area contributed by atoms with Crippen LogP contribution >= 0.6 is 23.2 Å². The van der Waals surface area contributed by atoms with Crippen LogP contribution in [0.1, 0.15) is 46.5 Å². The zero-order valence-electron chi connectivity index (χ0n) is 24.0. The molecule has 10 nitrogen and oxygen atoms in total. The number of fused-ring (bicyclic) bond motifs is 1. The SMILES string of the molecule is CC(C)(C)OC(=O)NCCNc1nc(NCC2CCC(CNS(=O)(=O)c3cc(Cl)cc(Cl)c3)CC2)nc2ccccc12. The molecule has 1 saturated carbocycles. The molecule has 0 radical (unpaired) electrons. The fraction of sp³-hybridized carbons (Fsp3) is 0.483. The molecule has 2 aromatic carbocycles. The molecular weight excluding hydrogens is 599 g/mol. The Morgan fingerprint density at radius 3 is 2.24 bits per heavy atom. The van der Waals surface area contributed by atoms with E-state index in [-0.39, 0.29) is 20.9 Å². The van der Waals surface area contributed by atoms with Gasteiger partial charge in [0.05, 0.1) is 10.4 Å². The number of rotatable bonds is 11. The summed E-state index contributed by atoms with van der Waals surface area (Å²) in [4.78, 5) is 21.4. The normalized spacial score (nSPS) is 17.5. The molecule has 1 heterocycles. The van der Waals surface area contributed by atoms with Crippen LogP contribution in [0.15, 0.2) is 47.4 Å². The number of carbonyl (C=O) groups excluding carboxylic acids is 1. The van der Waals surface area contributed by atoms with Crippen LogP contribution in [0.2, 0.25) is 10.0 Å². The second-order valence-corrected chi connectivity index (χ2v) is 14.1. The molecule has 1 aromatic heterocycles. The first kappa shape index (κ1) is 32.1. The number of halogens is 2. The largest absolute Gasteiger partial charge is 0.444 e. The van der Waals surface area contributed by atoms with Crippen molar-refractivity contribution in [3.63, 3.8) is 0 Å². The molecule has 4 rings (SSSR count). The summed E-state index contributed by atoms with van der Waals surface area (Å²) in [7, 11) is -3.69. The Balaban J connectivity index is 1.26. The van der Waals surface area contributed by atoms with Crippen molar-refractivity contribution in [3.8, 4) is 0 Å². The Kier molecular flexibility index (Phi) is 10.7. The summed E-state index contributed by atoms with van der Waals surface area (Å²) < 4.78 is 33.4. The van der Waals surface area contributed by atoms with E-state index >= 15 is 0 Å². The summed E-state index contributed by atoms with van der Waals surface area (Å²) in [5.41, 5.74) is 0.263. The molecule has 13 heteroatoms. The van der Waals surface area contributed by atoms with Gasteiger partial charge >= 0.3 is 6.09 Å². The molecule has 1 amide bonds. The van der Waals surface area contributed by atoms with Crippen LogP contribution in [0, 0.1) is 11.8 Å². The Hall–Kier alpha value is -2.86. The van der Waals surface area contributed by atoms with Crippen LogP contribution in [-0.2, 0) is 14.8 Å². The highest BCUT2D eigenvalue weighted by molar-refractivity contribution is 7.89. The zero-order valence-corrected chi connectivity index (χ0v) is 26.4. The molecule has 3 aromatic rings. The summed E-state index contributed by atoms with van der Waals surface area (Å²) >= 11 is 12.0. The Morgan fingerprint density at radius 1 is 0.929 bits per heavy atom. The van der Waals surface area contributed by atoms with Crippen LogP contribution in [-0.4, -0.2) is 56.3 Å². The molecule has 0 unspecified atom stereocenters. The first-order chi connectivity index (χ1) is 19.9. The highest BCUT2D eigenvalue weighted by Crippen LogP contribution is 2.30. The fourth-order valence-corrected chi connectivity index (χ4v) is 6.66. The third-order valence-corrected chi connectivity index (χ3v) is 8.75. The van der Waals surface area contributed by atoms with Crippen molar-refractivity contribution in [2.75, 3.05) is 36.8 Å². The highest BCUT2D eigenvalue weighted by Gasteiger charge is 2.24. The van der Waals surface area contributed by atoms with Crippen LogP contribution in [0.4, 0.5) is 16.6 Å². The monoisotopic (exact) mass is 636 g/mol. The number of aromatic nitrogens is 2. The number of para-hydroxylation sites is 1. The molecule has 4 N–H and O–H groups in total. The summed E-state index contributed by atoms with van der Waals surface area (Å²) in [6.07, 6.45) is 3.31. The number of hydrogen-bond acceptors (Lipinski definition) is 8. The van der Waals surface area contributed by atoms with Gasteiger partial charge in [0, 0.05) is 41.6 Å². The van der Waals surface area contributed by atoms with E-state index in [2.05, 4.69) is 25.7 Å². The number of benzene rings is 2. The summed E-state index contributed by atoms with van der Waals surface area (Å²) in [5, 5.41) is 10.9. The zero-order chi connectivity index (χ0) is 30.3. The van der Waals surface area contributed by atoms with Crippen LogP contribution in [0.3, 0.4) is 0 Å². The van der Waals surface area contributed by atoms with E-state index in [1.807, 2.05) is 45.0 Å². The number of anilines is 2. The standard InChI is InChI=1S/C29H38Cl2N6O4S/c1-29(2,3)41-28(38)33-13-12-32-26-24-6-4-5-7-25(24)36-27(37-26)34-17-19-8-10-20(11-9-19)18-35-42(39,40)23-15-21(30)14-22(31)16-23/h4-7,14-16,19-20,35H,8-13,17-18H2,1-3H3,(H,33,38)(H2,32,34,36,37). The summed E-state index contributed by atoms with van der Waals surface area (Å²) in [6.45, 7) is 7.41. The van der Waals surface area contributed by atoms with Gasteiger partial charge in [-0.25, -0.2) is 22.9 Å². The topological polar surface area (TPSA) is 134 Å². The minimum Gasteiger partial charge on any atom is -0.444 e. The maximum absolute atomic E-state index is 12.7. The van der Waals surface area contributed by atoms with Crippen molar-refractivity contribution in [3.05, 3.63) is 52.5 Å². The maximum atomic E-state index is 12.7. The minimum atomic E-state index is -3.69. The Bertz CT molecular complexity index is 1470. The molecule has 0 bridgehead atoms. The Morgan fingerprint density at radius 2 is 1.57 bits per heavy atom. The van der Waals surface area contributed by atoms with Gasteiger partial charge in [0.2, 0.25) is 16.0 Å². The van der Waals surface area contributed by atoms with E-state index in [4.69, 9.17) is 32.9 Å². The van der Waals surface area contributed by atoms with Crippen molar-refractivity contribution in [1.82, 2.24) is 20.0 Å².